The van der Waals surface area contributed by atoms with Crippen molar-refractivity contribution in [3.63, 3.8) is 0 Å². The summed E-state index contributed by atoms with van der Waals surface area (Å²) in [5.74, 6) is 0. The molecule has 0 spiro atoms. The minimum atomic E-state index is -0.122. The Labute approximate surface area is 164 Å². The second-order valence-corrected chi connectivity index (χ2v) is 7.73. The topological polar surface area (TPSA) is 56.8 Å². The maximum absolute atomic E-state index is 12.2. The molecule has 1 aromatic rings. The number of carbonyl (C=O) groups is 1. The van der Waals surface area contributed by atoms with Gasteiger partial charge in [-0.3, -0.25) is 9.80 Å². The van der Waals surface area contributed by atoms with Crippen LogP contribution in [0.3, 0.4) is 0 Å². The summed E-state index contributed by atoms with van der Waals surface area (Å²) in [6.07, 6.45) is 0. The monoisotopic (exact) mass is 376 g/mol. The first-order valence-corrected chi connectivity index (χ1v) is 10.1. The van der Waals surface area contributed by atoms with Gasteiger partial charge in [-0.25, -0.2) is 4.79 Å². The highest BCUT2D eigenvalue weighted by atomic mass is 16.5. The fourth-order valence-corrected chi connectivity index (χ4v) is 3.29. The zero-order chi connectivity index (χ0) is 19.7. The molecule has 152 valence electrons. The molecule has 0 saturated carbocycles. The number of morpholine rings is 1. The van der Waals surface area contributed by atoms with Crippen molar-refractivity contribution in [2.24, 2.45) is 0 Å². The van der Waals surface area contributed by atoms with Crippen molar-refractivity contribution < 1.29 is 9.53 Å². The van der Waals surface area contributed by atoms with Gasteiger partial charge in [0, 0.05) is 38.3 Å². The number of benzene rings is 1. The molecular weight excluding hydrogens is 340 g/mol. The first-order chi connectivity index (χ1) is 12.9. The van der Waals surface area contributed by atoms with Gasteiger partial charge in [-0.15, -0.1) is 0 Å². The van der Waals surface area contributed by atoms with E-state index in [-0.39, 0.29) is 11.6 Å². The lowest BCUT2D eigenvalue weighted by Crippen LogP contribution is -2.56. The van der Waals surface area contributed by atoms with Crippen LogP contribution in [0.1, 0.15) is 38.8 Å². The molecule has 27 heavy (non-hydrogen) atoms. The van der Waals surface area contributed by atoms with Crippen LogP contribution in [0.25, 0.3) is 0 Å². The van der Waals surface area contributed by atoms with Gasteiger partial charge in [0.25, 0.3) is 0 Å². The minimum absolute atomic E-state index is 0.0762. The van der Waals surface area contributed by atoms with Crippen molar-refractivity contribution in [1.82, 2.24) is 20.4 Å². The molecule has 1 aromatic carbocycles. The highest BCUT2D eigenvalue weighted by Crippen LogP contribution is 2.15. The molecule has 0 bridgehead atoms. The Morgan fingerprint density at radius 3 is 2.26 bits per heavy atom. The van der Waals surface area contributed by atoms with E-state index in [0.29, 0.717) is 13.1 Å². The zero-order valence-electron chi connectivity index (χ0n) is 17.4. The van der Waals surface area contributed by atoms with Crippen LogP contribution in [-0.2, 0) is 17.8 Å². The Kier molecular flexibility index (Phi) is 8.54. The van der Waals surface area contributed by atoms with E-state index in [2.05, 4.69) is 72.4 Å². The maximum Gasteiger partial charge on any atom is 0.315 e. The predicted octanol–water partition coefficient (Wildman–Crippen LogP) is 2.44. The van der Waals surface area contributed by atoms with Gasteiger partial charge in [0.15, 0.2) is 0 Å². The van der Waals surface area contributed by atoms with Crippen molar-refractivity contribution in [2.45, 2.75) is 46.3 Å². The van der Waals surface area contributed by atoms with Gasteiger partial charge < -0.3 is 15.4 Å². The van der Waals surface area contributed by atoms with Crippen LogP contribution in [0.2, 0.25) is 0 Å². The lowest BCUT2D eigenvalue weighted by molar-refractivity contribution is -0.00874. The molecule has 1 aliphatic rings. The molecule has 1 saturated heterocycles. The van der Waals surface area contributed by atoms with Crippen molar-refractivity contribution in [1.29, 1.82) is 0 Å². The van der Waals surface area contributed by atoms with Crippen LogP contribution < -0.4 is 10.6 Å². The zero-order valence-corrected chi connectivity index (χ0v) is 17.4. The van der Waals surface area contributed by atoms with Crippen molar-refractivity contribution in [3.05, 3.63) is 35.4 Å². The second-order valence-electron chi connectivity index (χ2n) is 7.73. The molecule has 0 aromatic heterocycles. The molecule has 1 heterocycles. The van der Waals surface area contributed by atoms with Gasteiger partial charge in [-0.1, -0.05) is 38.1 Å². The third kappa shape index (κ3) is 7.13. The number of amides is 2. The quantitative estimate of drug-likeness (QED) is 0.695. The fraction of sp³-hybridized carbons (Fsp3) is 0.667. The number of hydrogen-bond donors (Lipinski definition) is 2. The Balaban J connectivity index is 1.73. The van der Waals surface area contributed by atoms with E-state index < -0.39 is 0 Å². The summed E-state index contributed by atoms with van der Waals surface area (Å²) in [6.45, 7) is 16.3. The lowest BCUT2D eigenvalue weighted by atomic mass is 10.0. The number of carbonyl (C=O) groups excluding carboxylic acids is 1. The molecule has 6 nitrogen and oxygen atoms in total. The average molecular weight is 377 g/mol. The number of ether oxygens (including phenoxy) is 1. The maximum atomic E-state index is 12.2. The first-order valence-electron chi connectivity index (χ1n) is 10.1. The Morgan fingerprint density at radius 1 is 1.07 bits per heavy atom. The number of rotatable bonds is 9. The number of nitrogens with zero attached hydrogens (tertiary/aromatic N) is 2. The van der Waals surface area contributed by atoms with E-state index in [1.807, 2.05) is 0 Å². The number of hydrogen-bond acceptors (Lipinski definition) is 4. The fourth-order valence-electron chi connectivity index (χ4n) is 3.29. The van der Waals surface area contributed by atoms with Crippen LogP contribution in [0.4, 0.5) is 4.79 Å². The normalized spacial score (nSPS) is 15.7. The van der Waals surface area contributed by atoms with Gasteiger partial charge in [-0.05, 0) is 38.1 Å². The van der Waals surface area contributed by atoms with Gasteiger partial charge in [0.05, 0.1) is 13.2 Å². The molecule has 1 aliphatic heterocycles. The molecule has 6 heteroatoms. The first kappa shape index (κ1) is 21.7. The Hall–Kier alpha value is -1.63. The standard InChI is InChI=1S/C21H36N4O2/c1-5-24(6-2)16-19-9-7-18(8-10-19)15-22-20(26)23-17-21(3,4)25-11-13-27-14-12-25/h7-10H,5-6,11-17H2,1-4H3,(H2,22,23,26). The molecule has 2 N–H and O–H groups in total. The van der Waals surface area contributed by atoms with E-state index in [9.17, 15) is 4.79 Å². The largest absolute Gasteiger partial charge is 0.379 e. The number of urea groups is 1. The molecule has 2 amide bonds. The van der Waals surface area contributed by atoms with E-state index in [1.165, 1.54) is 5.56 Å². The minimum Gasteiger partial charge on any atom is -0.379 e. The Morgan fingerprint density at radius 2 is 1.67 bits per heavy atom. The molecule has 0 radical (unpaired) electrons. The Bertz CT molecular complexity index is 564. The van der Waals surface area contributed by atoms with Crippen LogP contribution in [0.5, 0.6) is 0 Å². The predicted molar refractivity (Wildman–Crippen MR) is 110 cm³/mol. The summed E-state index contributed by atoms with van der Waals surface area (Å²) in [5.41, 5.74) is 2.34. The summed E-state index contributed by atoms with van der Waals surface area (Å²) in [5, 5.41) is 5.96. The lowest BCUT2D eigenvalue weighted by Gasteiger charge is -2.40. The van der Waals surface area contributed by atoms with Gasteiger partial charge >= 0.3 is 6.03 Å². The highest BCUT2D eigenvalue weighted by Gasteiger charge is 2.28. The molecule has 2 rings (SSSR count). The average Bonchev–Trinajstić information content (AvgIpc) is 2.70. The van der Waals surface area contributed by atoms with Crippen molar-refractivity contribution in [2.75, 3.05) is 45.9 Å². The summed E-state index contributed by atoms with van der Waals surface area (Å²) in [4.78, 5) is 16.9. The van der Waals surface area contributed by atoms with Gasteiger partial charge in [0.1, 0.15) is 0 Å². The SMILES string of the molecule is CCN(CC)Cc1ccc(CNC(=O)NCC(C)(C)N2CCOCC2)cc1. The molecule has 0 unspecified atom stereocenters. The molecular formula is C21H36N4O2. The second kappa shape index (κ2) is 10.6. The third-order valence-corrected chi connectivity index (χ3v) is 5.33. The van der Waals surface area contributed by atoms with Gasteiger partial charge in [-0.2, -0.15) is 0 Å². The van der Waals surface area contributed by atoms with Crippen LogP contribution in [0.15, 0.2) is 24.3 Å². The summed E-state index contributed by atoms with van der Waals surface area (Å²) in [7, 11) is 0. The summed E-state index contributed by atoms with van der Waals surface area (Å²) >= 11 is 0. The summed E-state index contributed by atoms with van der Waals surface area (Å²) in [6, 6.07) is 8.36. The van der Waals surface area contributed by atoms with E-state index >= 15 is 0 Å². The molecule has 0 aliphatic carbocycles. The molecule has 1 fully saturated rings. The van der Waals surface area contributed by atoms with Crippen molar-refractivity contribution >= 4 is 6.03 Å². The number of nitrogens with one attached hydrogen (secondary N) is 2. The van der Waals surface area contributed by atoms with E-state index in [4.69, 9.17) is 4.74 Å². The highest BCUT2D eigenvalue weighted by molar-refractivity contribution is 5.73. The smallest absolute Gasteiger partial charge is 0.315 e. The summed E-state index contributed by atoms with van der Waals surface area (Å²) < 4.78 is 5.41. The van der Waals surface area contributed by atoms with E-state index in [1.54, 1.807) is 0 Å². The van der Waals surface area contributed by atoms with E-state index in [0.717, 1.165) is 51.5 Å². The molecule has 0 atom stereocenters. The van der Waals surface area contributed by atoms with Crippen molar-refractivity contribution in [3.8, 4) is 0 Å². The van der Waals surface area contributed by atoms with Crippen LogP contribution in [-0.4, -0.2) is 67.3 Å². The van der Waals surface area contributed by atoms with Crippen LogP contribution >= 0.6 is 0 Å². The third-order valence-electron chi connectivity index (χ3n) is 5.33. The van der Waals surface area contributed by atoms with Gasteiger partial charge in [0.2, 0.25) is 0 Å². The van der Waals surface area contributed by atoms with Crippen LogP contribution in [0, 0.1) is 0 Å².